The van der Waals surface area contributed by atoms with Crippen molar-refractivity contribution in [2.45, 2.75) is 25.2 Å². The smallest absolute Gasteiger partial charge is 0.0720 e. The Bertz CT molecular complexity index is 895. The SMILES string of the molecule is Cc1ccc(C2(c3ccc(-c4ccccc4)cc3)CCC2=NO)cc1. The minimum atomic E-state index is -0.294. The van der Waals surface area contributed by atoms with Crippen LogP contribution in [0, 0.1) is 6.92 Å². The molecule has 1 aliphatic rings. The Kier molecular flexibility index (Phi) is 3.89. The number of rotatable bonds is 3. The highest BCUT2D eigenvalue weighted by molar-refractivity contribution is 6.03. The first-order valence-corrected chi connectivity index (χ1v) is 8.68. The Morgan fingerprint density at radius 1 is 0.760 bits per heavy atom. The highest BCUT2D eigenvalue weighted by Crippen LogP contribution is 2.47. The molecule has 0 spiro atoms. The Labute approximate surface area is 148 Å². The monoisotopic (exact) mass is 327 g/mol. The predicted molar refractivity (Wildman–Crippen MR) is 102 cm³/mol. The minimum Gasteiger partial charge on any atom is -0.411 e. The zero-order valence-electron chi connectivity index (χ0n) is 14.3. The second-order valence-electron chi connectivity index (χ2n) is 6.76. The first-order chi connectivity index (χ1) is 12.2. The third-order valence-electron chi connectivity index (χ3n) is 5.38. The number of hydrogen-bond donors (Lipinski definition) is 1. The van der Waals surface area contributed by atoms with Crippen molar-refractivity contribution in [1.29, 1.82) is 0 Å². The summed E-state index contributed by atoms with van der Waals surface area (Å²) in [7, 11) is 0. The van der Waals surface area contributed by atoms with Crippen molar-refractivity contribution in [2.24, 2.45) is 5.16 Å². The van der Waals surface area contributed by atoms with Crippen molar-refractivity contribution in [3.05, 3.63) is 95.6 Å². The van der Waals surface area contributed by atoms with Gasteiger partial charge in [-0.1, -0.05) is 89.6 Å². The maximum absolute atomic E-state index is 9.52. The van der Waals surface area contributed by atoms with Crippen LogP contribution >= 0.6 is 0 Å². The second kappa shape index (κ2) is 6.21. The lowest BCUT2D eigenvalue weighted by Crippen LogP contribution is -2.46. The molecule has 2 heteroatoms. The molecule has 124 valence electrons. The van der Waals surface area contributed by atoms with Crippen molar-refractivity contribution < 1.29 is 5.21 Å². The highest BCUT2D eigenvalue weighted by atomic mass is 16.4. The van der Waals surface area contributed by atoms with E-state index in [-0.39, 0.29) is 5.41 Å². The lowest BCUT2D eigenvalue weighted by molar-refractivity contribution is 0.304. The average molecular weight is 327 g/mol. The van der Waals surface area contributed by atoms with Crippen molar-refractivity contribution in [1.82, 2.24) is 0 Å². The topological polar surface area (TPSA) is 32.6 Å². The minimum absolute atomic E-state index is 0.294. The molecule has 0 heterocycles. The molecule has 25 heavy (non-hydrogen) atoms. The van der Waals surface area contributed by atoms with Gasteiger partial charge in [-0.05, 0) is 42.0 Å². The summed E-state index contributed by atoms with van der Waals surface area (Å²) in [6, 6.07) is 27.6. The summed E-state index contributed by atoms with van der Waals surface area (Å²) in [5.74, 6) is 0. The lowest BCUT2D eigenvalue weighted by atomic mass is 9.59. The molecule has 1 unspecified atom stereocenters. The van der Waals surface area contributed by atoms with Crippen LogP contribution in [-0.4, -0.2) is 10.9 Å². The van der Waals surface area contributed by atoms with Crippen LogP contribution in [-0.2, 0) is 5.41 Å². The summed E-state index contributed by atoms with van der Waals surface area (Å²) >= 11 is 0. The molecule has 1 fully saturated rings. The molecule has 4 rings (SSSR count). The van der Waals surface area contributed by atoms with Gasteiger partial charge in [0, 0.05) is 0 Å². The van der Waals surface area contributed by atoms with Crippen LogP contribution in [0.2, 0.25) is 0 Å². The molecule has 1 N–H and O–H groups in total. The fraction of sp³-hybridized carbons (Fsp3) is 0.174. The molecular weight excluding hydrogens is 306 g/mol. The Balaban J connectivity index is 1.78. The van der Waals surface area contributed by atoms with E-state index < -0.39 is 0 Å². The van der Waals surface area contributed by atoms with Crippen molar-refractivity contribution in [2.75, 3.05) is 0 Å². The molecule has 1 atom stereocenters. The highest BCUT2D eigenvalue weighted by Gasteiger charge is 2.47. The number of oxime groups is 1. The number of nitrogens with zero attached hydrogens (tertiary/aromatic N) is 1. The molecule has 3 aromatic carbocycles. The molecule has 0 aromatic heterocycles. The first kappa shape index (κ1) is 15.6. The fourth-order valence-electron chi connectivity index (χ4n) is 3.83. The van der Waals surface area contributed by atoms with Gasteiger partial charge in [0.15, 0.2) is 0 Å². The van der Waals surface area contributed by atoms with Crippen LogP contribution in [0.3, 0.4) is 0 Å². The van der Waals surface area contributed by atoms with Crippen molar-refractivity contribution in [3.8, 4) is 11.1 Å². The molecule has 0 bridgehead atoms. The zero-order chi connectivity index (χ0) is 17.3. The van der Waals surface area contributed by atoms with E-state index in [0.717, 1.165) is 18.6 Å². The zero-order valence-corrected chi connectivity index (χ0v) is 14.3. The van der Waals surface area contributed by atoms with E-state index in [1.165, 1.54) is 27.8 Å². The summed E-state index contributed by atoms with van der Waals surface area (Å²) in [6.07, 6.45) is 1.81. The van der Waals surface area contributed by atoms with Crippen LogP contribution in [0.4, 0.5) is 0 Å². The van der Waals surface area contributed by atoms with Gasteiger partial charge in [0.2, 0.25) is 0 Å². The van der Waals surface area contributed by atoms with E-state index in [9.17, 15) is 5.21 Å². The van der Waals surface area contributed by atoms with Gasteiger partial charge in [-0.25, -0.2) is 0 Å². The largest absolute Gasteiger partial charge is 0.411 e. The summed E-state index contributed by atoms with van der Waals surface area (Å²) in [5.41, 5.74) is 6.59. The van der Waals surface area contributed by atoms with Gasteiger partial charge in [0.05, 0.1) is 11.1 Å². The maximum Gasteiger partial charge on any atom is 0.0720 e. The van der Waals surface area contributed by atoms with Gasteiger partial charge in [-0.3, -0.25) is 0 Å². The number of benzene rings is 3. The molecule has 2 nitrogen and oxygen atoms in total. The van der Waals surface area contributed by atoms with Crippen LogP contribution in [0.15, 0.2) is 84.0 Å². The van der Waals surface area contributed by atoms with Gasteiger partial charge in [0.1, 0.15) is 0 Å². The van der Waals surface area contributed by atoms with E-state index in [2.05, 4.69) is 84.9 Å². The average Bonchev–Trinajstić information content (AvgIpc) is 2.65. The van der Waals surface area contributed by atoms with Gasteiger partial charge >= 0.3 is 0 Å². The normalized spacial score (nSPS) is 21.1. The van der Waals surface area contributed by atoms with Crippen LogP contribution in [0.25, 0.3) is 11.1 Å². The van der Waals surface area contributed by atoms with Crippen molar-refractivity contribution in [3.63, 3.8) is 0 Å². The Morgan fingerprint density at radius 3 is 1.84 bits per heavy atom. The number of aryl methyl sites for hydroxylation is 1. The Hall–Kier alpha value is -2.87. The standard InChI is InChI=1S/C23H21NO/c1-17-7-11-20(12-8-17)23(16-15-22(23)24-25)21-13-9-19(10-14-21)18-5-3-2-4-6-18/h2-14,25H,15-16H2,1H3. The third kappa shape index (κ3) is 2.54. The molecule has 3 aromatic rings. The summed E-state index contributed by atoms with van der Waals surface area (Å²) < 4.78 is 0. The van der Waals surface area contributed by atoms with E-state index >= 15 is 0 Å². The van der Waals surface area contributed by atoms with Crippen molar-refractivity contribution >= 4 is 5.71 Å². The van der Waals surface area contributed by atoms with Gasteiger partial charge in [-0.15, -0.1) is 0 Å². The van der Waals surface area contributed by atoms with E-state index in [4.69, 9.17) is 0 Å². The lowest BCUT2D eigenvalue weighted by Gasteiger charge is -2.43. The molecule has 0 radical (unpaired) electrons. The van der Waals surface area contributed by atoms with Gasteiger partial charge < -0.3 is 5.21 Å². The summed E-state index contributed by atoms with van der Waals surface area (Å²) in [6.45, 7) is 2.09. The quantitative estimate of drug-likeness (QED) is 0.495. The first-order valence-electron chi connectivity index (χ1n) is 8.68. The van der Waals surface area contributed by atoms with E-state index in [1.54, 1.807) is 0 Å². The molecule has 0 amide bonds. The summed E-state index contributed by atoms with van der Waals surface area (Å²) in [4.78, 5) is 0. The molecule has 0 aliphatic heterocycles. The second-order valence-corrected chi connectivity index (χ2v) is 6.76. The predicted octanol–water partition coefficient (Wildman–Crippen LogP) is 5.57. The van der Waals surface area contributed by atoms with Crippen LogP contribution in [0.5, 0.6) is 0 Å². The molecule has 1 saturated carbocycles. The summed E-state index contributed by atoms with van der Waals surface area (Å²) in [5, 5.41) is 13.1. The molecule has 0 saturated heterocycles. The molecule has 1 aliphatic carbocycles. The molecular formula is C23H21NO. The van der Waals surface area contributed by atoms with E-state index in [1.807, 2.05) is 6.07 Å². The Morgan fingerprint density at radius 2 is 1.32 bits per heavy atom. The third-order valence-corrected chi connectivity index (χ3v) is 5.38. The van der Waals surface area contributed by atoms with Gasteiger partial charge in [-0.2, -0.15) is 0 Å². The van der Waals surface area contributed by atoms with Gasteiger partial charge in [0.25, 0.3) is 0 Å². The fourth-order valence-corrected chi connectivity index (χ4v) is 3.83. The maximum atomic E-state index is 9.52. The van der Waals surface area contributed by atoms with Crippen LogP contribution < -0.4 is 0 Å². The van der Waals surface area contributed by atoms with E-state index in [0.29, 0.717) is 0 Å². The van der Waals surface area contributed by atoms with Crippen LogP contribution in [0.1, 0.15) is 29.5 Å². The number of hydrogen-bond acceptors (Lipinski definition) is 2.